The van der Waals surface area contributed by atoms with Gasteiger partial charge in [-0.15, -0.1) is 0 Å². The van der Waals surface area contributed by atoms with Gasteiger partial charge < -0.3 is 11.1 Å². The molecule has 0 aromatic heterocycles. The summed E-state index contributed by atoms with van der Waals surface area (Å²) in [7, 11) is 0. The van der Waals surface area contributed by atoms with Gasteiger partial charge in [-0.1, -0.05) is 37.7 Å². The van der Waals surface area contributed by atoms with Crippen LogP contribution < -0.4 is 11.1 Å². The summed E-state index contributed by atoms with van der Waals surface area (Å²) in [5.41, 5.74) is 9.16. The second-order valence-corrected chi connectivity index (χ2v) is 6.07. The molecule has 0 amide bonds. The van der Waals surface area contributed by atoms with Gasteiger partial charge in [0.05, 0.1) is 0 Å². The quantitative estimate of drug-likeness (QED) is 0.816. The molecule has 1 aliphatic carbocycles. The van der Waals surface area contributed by atoms with Crippen LogP contribution in [0.25, 0.3) is 0 Å². The highest BCUT2D eigenvalue weighted by Gasteiger charge is 2.21. The summed E-state index contributed by atoms with van der Waals surface area (Å²) in [5.74, 6) is 0.921. The summed E-state index contributed by atoms with van der Waals surface area (Å²) in [6.07, 6.45) is 6.49. The third-order valence-corrected chi connectivity index (χ3v) is 4.53. The molecule has 19 heavy (non-hydrogen) atoms. The highest BCUT2D eigenvalue weighted by atomic mass is 32.1. The SMILES string of the molecule is CCC1CCC(Nc2c(C)cccc2C(N)=S)CC1. The van der Waals surface area contributed by atoms with Crippen molar-refractivity contribution >= 4 is 22.9 Å². The average Bonchev–Trinajstić information content (AvgIpc) is 2.41. The maximum absolute atomic E-state index is 5.82. The van der Waals surface area contributed by atoms with E-state index >= 15 is 0 Å². The molecular formula is C16H24N2S. The van der Waals surface area contributed by atoms with Gasteiger partial charge in [0.2, 0.25) is 0 Å². The molecule has 1 fully saturated rings. The van der Waals surface area contributed by atoms with Gasteiger partial charge in [0.25, 0.3) is 0 Å². The summed E-state index contributed by atoms with van der Waals surface area (Å²) >= 11 is 5.15. The van der Waals surface area contributed by atoms with E-state index in [1.807, 2.05) is 12.1 Å². The zero-order valence-electron chi connectivity index (χ0n) is 11.9. The molecule has 1 aliphatic rings. The first kappa shape index (κ1) is 14.3. The number of hydrogen-bond acceptors (Lipinski definition) is 2. The molecule has 0 unspecified atom stereocenters. The van der Waals surface area contributed by atoms with Crippen LogP contribution in [-0.2, 0) is 0 Å². The van der Waals surface area contributed by atoms with Crippen molar-refractivity contribution in [2.45, 2.75) is 52.0 Å². The maximum Gasteiger partial charge on any atom is 0.106 e. The Bertz CT molecular complexity index is 448. The molecule has 1 aromatic carbocycles. The number of hydrogen-bond donors (Lipinski definition) is 2. The molecule has 1 saturated carbocycles. The van der Waals surface area contributed by atoms with Gasteiger partial charge in [0.15, 0.2) is 0 Å². The Morgan fingerprint density at radius 3 is 2.58 bits per heavy atom. The zero-order valence-corrected chi connectivity index (χ0v) is 12.7. The predicted molar refractivity (Wildman–Crippen MR) is 86.7 cm³/mol. The largest absolute Gasteiger partial charge is 0.389 e. The Morgan fingerprint density at radius 2 is 2.00 bits per heavy atom. The first-order chi connectivity index (χ1) is 9.11. The third-order valence-electron chi connectivity index (χ3n) is 4.31. The zero-order chi connectivity index (χ0) is 13.8. The van der Waals surface area contributed by atoms with Crippen LogP contribution in [0.5, 0.6) is 0 Å². The fraction of sp³-hybridized carbons (Fsp3) is 0.562. The molecule has 3 N–H and O–H groups in total. The van der Waals surface area contributed by atoms with E-state index in [1.165, 1.54) is 37.7 Å². The van der Waals surface area contributed by atoms with Gasteiger partial charge in [-0.2, -0.15) is 0 Å². The van der Waals surface area contributed by atoms with Crippen molar-refractivity contribution in [3.8, 4) is 0 Å². The lowest BCUT2D eigenvalue weighted by molar-refractivity contribution is 0.330. The van der Waals surface area contributed by atoms with Gasteiger partial charge >= 0.3 is 0 Å². The number of benzene rings is 1. The van der Waals surface area contributed by atoms with Gasteiger partial charge in [0, 0.05) is 17.3 Å². The molecule has 0 atom stereocenters. The number of thiocarbonyl (C=S) groups is 1. The highest BCUT2D eigenvalue weighted by Crippen LogP contribution is 2.30. The first-order valence-corrected chi connectivity index (χ1v) is 7.68. The van der Waals surface area contributed by atoms with E-state index in [1.54, 1.807) is 0 Å². The normalized spacial score (nSPS) is 23.1. The second kappa shape index (κ2) is 6.38. The van der Waals surface area contributed by atoms with Crippen molar-refractivity contribution < 1.29 is 0 Å². The minimum atomic E-state index is 0.480. The Kier molecular flexibility index (Phi) is 4.81. The number of para-hydroxylation sites is 1. The molecule has 0 saturated heterocycles. The monoisotopic (exact) mass is 276 g/mol. The van der Waals surface area contributed by atoms with Gasteiger partial charge in [-0.05, 0) is 50.2 Å². The van der Waals surface area contributed by atoms with Crippen LogP contribution >= 0.6 is 12.2 Å². The van der Waals surface area contributed by atoms with E-state index in [2.05, 4.69) is 25.2 Å². The fourth-order valence-corrected chi connectivity index (χ4v) is 3.15. The Morgan fingerprint density at radius 1 is 1.32 bits per heavy atom. The summed E-state index contributed by atoms with van der Waals surface area (Å²) in [6.45, 7) is 4.41. The lowest BCUT2D eigenvalue weighted by Crippen LogP contribution is -2.27. The smallest absolute Gasteiger partial charge is 0.106 e. The van der Waals surface area contributed by atoms with E-state index < -0.39 is 0 Å². The molecule has 1 aromatic rings. The fourth-order valence-electron chi connectivity index (χ4n) is 2.98. The minimum absolute atomic E-state index is 0.480. The summed E-state index contributed by atoms with van der Waals surface area (Å²) in [5, 5.41) is 3.68. The topological polar surface area (TPSA) is 38.0 Å². The Labute approximate surface area is 121 Å². The van der Waals surface area contributed by atoms with Crippen LogP contribution in [-0.4, -0.2) is 11.0 Å². The molecule has 0 aliphatic heterocycles. The Hall–Kier alpha value is -1.09. The molecule has 0 radical (unpaired) electrons. The van der Waals surface area contributed by atoms with E-state index in [0.717, 1.165) is 17.2 Å². The van der Waals surface area contributed by atoms with Crippen LogP contribution in [0, 0.1) is 12.8 Å². The van der Waals surface area contributed by atoms with Crippen molar-refractivity contribution in [2.75, 3.05) is 5.32 Å². The third kappa shape index (κ3) is 3.47. The van der Waals surface area contributed by atoms with E-state index in [9.17, 15) is 0 Å². The van der Waals surface area contributed by atoms with Crippen molar-refractivity contribution in [3.05, 3.63) is 29.3 Å². The van der Waals surface area contributed by atoms with Gasteiger partial charge in [-0.25, -0.2) is 0 Å². The van der Waals surface area contributed by atoms with E-state index in [-0.39, 0.29) is 0 Å². The van der Waals surface area contributed by atoms with Crippen molar-refractivity contribution in [3.63, 3.8) is 0 Å². The van der Waals surface area contributed by atoms with E-state index in [4.69, 9.17) is 18.0 Å². The molecular weight excluding hydrogens is 252 g/mol. The summed E-state index contributed by atoms with van der Waals surface area (Å²) < 4.78 is 0. The molecule has 0 bridgehead atoms. The lowest BCUT2D eigenvalue weighted by atomic mass is 9.84. The standard InChI is InChI=1S/C16H24N2S/c1-3-12-7-9-13(10-8-12)18-15-11(2)5-4-6-14(15)16(17)19/h4-6,12-13,18H,3,7-10H2,1-2H3,(H2,17,19). The number of nitrogens with two attached hydrogens (primary N) is 1. The predicted octanol–water partition coefficient (Wildman–Crippen LogP) is 4.01. The van der Waals surface area contributed by atoms with Crippen molar-refractivity contribution in [1.29, 1.82) is 0 Å². The van der Waals surface area contributed by atoms with Crippen LogP contribution in [0.4, 0.5) is 5.69 Å². The average molecular weight is 276 g/mol. The van der Waals surface area contributed by atoms with E-state index in [0.29, 0.717) is 11.0 Å². The van der Waals surface area contributed by atoms with Gasteiger partial charge in [-0.3, -0.25) is 0 Å². The molecule has 0 heterocycles. The number of rotatable bonds is 4. The number of anilines is 1. The molecule has 0 spiro atoms. The molecule has 2 rings (SSSR count). The Balaban J connectivity index is 2.09. The van der Waals surface area contributed by atoms with Crippen LogP contribution in [0.1, 0.15) is 50.2 Å². The lowest BCUT2D eigenvalue weighted by Gasteiger charge is -2.30. The second-order valence-electron chi connectivity index (χ2n) is 5.63. The number of aryl methyl sites for hydroxylation is 1. The van der Waals surface area contributed by atoms with Crippen molar-refractivity contribution in [1.82, 2.24) is 0 Å². The summed E-state index contributed by atoms with van der Waals surface area (Å²) in [4.78, 5) is 0.480. The molecule has 2 nitrogen and oxygen atoms in total. The molecule has 104 valence electrons. The summed E-state index contributed by atoms with van der Waals surface area (Å²) in [6, 6.07) is 6.71. The first-order valence-electron chi connectivity index (χ1n) is 7.27. The number of nitrogens with one attached hydrogen (secondary N) is 1. The van der Waals surface area contributed by atoms with Crippen molar-refractivity contribution in [2.24, 2.45) is 11.7 Å². The van der Waals surface area contributed by atoms with Crippen LogP contribution in [0.15, 0.2) is 18.2 Å². The van der Waals surface area contributed by atoms with Gasteiger partial charge in [0.1, 0.15) is 4.99 Å². The van der Waals surface area contributed by atoms with Crippen LogP contribution in [0.2, 0.25) is 0 Å². The highest BCUT2D eigenvalue weighted by molar-refractivity contribution is 7.80. The van der Waals surface area contributed by atoms with Crippen LogP contribution in [0.3, 0.4) is 0 Å². The maximum atomic E-state index is 5.82. The molecule has 3 heteroatoms. The minimum Gasteiger partial charge on any atom is -0.389 e.